The molecule has 3 rings (SSSR count). The highest BCUT2D eigenvalue weighted by Crippen LogP contribution is 2.22. The number of aryl methyl sites for hydroxylation is 2. The summed E-state index contributed by atoms with van der Waals surface area (Å²) in [7, 11) is 0. The minimum absolute atomic E-state index is 0.0539. The van der Waals surface area contributed by atoms with Crippen LogP contribution < -0.4 is 10.2 Å². The van der Waals surface area contributed by atoms with Gasteiger partial charge in [0.2, 0.25) is 11.8 Å². The summed E-state index contributed by atoms with van der Waals surface area (Å²) in [4.78, 5) is 26.4. The smallest absolute Gasteiger partial charge is 0.249 e. The van der Waals surface area contributed by atoms with Gasteiger partial charge in [0.15, 0.2) is 0 Å². The molecule has 0 radical (unpaired) electrons. The zero-order valence-electron chi connectivity index (χ0n) is 14.2. The van der Waals surface area contributed by atoms with E-state index in [9.17, 15) is 14.7 Å². The molecule has 1 fully saturated rings. The van der Waals surface area contributed by atoms with Crippen LogP contribution in [0.1, 0.15) is 24.0 Å². The molecular weight excluding hydrogens is 316 g/mol. The predicted octanol–water partition coefficient (Wildman–Crippen LogP) is 2.55. The van der Waals surface area contributed by atoms with Crippen LogP contribution in [0, 0.1) is 6.92 Å². The molecule has 25 heavy (non-hydrogen) atoms. The summed E-state index contributed by atoms with van der Waals surface area (Å²) in [5.74, 6) is 0.0277. The molecule has 1 saturated heterocycles. The van der Waals surface area contributed by atoms with Crippen LogP contribution in [0.15, 0.2) is 48.5 Å². The maximum Gasteiger partial charge on any atom is 0.249 e. The number of carbonyl (C=O) groups excluding carboxylic acids is 2. The van der Waals surface area contributed by atoms with Gasteiger partial charge in [0, 0.05) is 18.7 Å². The molecule has 1 heterocycles. The molecule has 0 saturated carbocycles. The van der Waals surface area contributed by atoms with Gasteiger partial charge < -0.3 is 15.3 Å². The minimum Gasteiger partial charge on any atom is -0.508 e. The van der Waals surface area contributed by atoms with Crippen LogP contribution in [0.2, 0.25) is 0 Å². The largest absolute Gasteiger partial charge is 0.508 e. The van der Waals surface area contributed by atoms with E-state index in [0.29, 0.717) is 25.8 Å². The number of hydrogen-bond acceptors (Lipinski definition) is 3. The normalized spacial score (nSPS) is 16.9. The summed E-state index contributed by atoms with van der Waals surface area (Å²) < 4.78 is 0. The minimum atomic E-state index is -0.450. The SMILES string of the molecule is Cc1ccc(N2CC[C@@H](NC(=O)CCc3ccc(O)cc3)C2=O)cc1. The van der Waals surface area contributed by atoms with Crippen LogP contribution in [0.5, 0.6) is 5.75 Å². The number of nitrogens with one attached hydrogen (secondary N) is 1. The van der Waals surface area contributed by atoms with Crippen molar-refractivity contribution in [2.45, 2.75) is 32.2 Å². The molecule has 2 amide bonds. The summed E-state index contributed by atoms with van der Waals surface area (Å²) in [6.45, 7) is 2.62. The number of amides is 2. The van der Waals surface area contributed by atoms with E-state index in [-0.39, 0.29) is 17.6 Å². The Bertz CT molecular complexity index is 754. The molecule has 2 aromatic carbocycles. The van der Waals surface area contributed by atoms with E-state index in [2.05, 4.69) is 5.32 Å². The Balaban J connectivity index is 1.52. The van der Waals surface area contributed by atoms with Crippen molar-refractivity contribution in [1.82, 2.24) is 5.32 Å². The van der Waals surface area contributed by atoms with Crippen molar-refractivity contribution in [1.29, 1.82) is 0 Å². The average Bonchev–Trinajstić information content (AvgIpc) is 2.96. The van der Waals surface area contributed by atoms with E-state index in [1.807, 2.05) is 31.2 Å². The predicted molar refractivity (Wildman–Crippen MR) is 96.5 cm³/mol. The Morgan fingerprint density at radius 2 is 1.84 bits per heavy atom. The standard InChI is InChI=1S/C20H22N2O3/c1-14-2-7-16(8-3-14)22-13-12-18(20(22)25)21-19(24)11-6-15-4-9-17(23)10-5-15/h2-5,7-10,18,23H,6,11-13H2,1H3,(H,21,24)/t18-/m1/s1. The molecule has 130 valence electrons. The fourth-order valence-corrected chi connectivity index (χ4v) is 2.98. The first kappa shape index (κ1) is 17.0. The molecule has 0 unspecified atom stereocenters. The van der Waals surface area contributed by atoms with E-state index in [1.54, 1.807) is 29.2 Å². The molecule has 2 N–H and O–H groups in total. The van der Waals surface area contributed by atoms with Crippen LogP contribution in [-0.2, 0) is 16.0 Å². The molecule has 0 aromatic heterocycles. The number of hydrogen-bond donors (Lipinski definition) is 2. The first-order valence-corrected chi connectivity index (χ1v) is 8.48. The number of carbonyl (C=O) groups is 2. The number of nitrogens with zero attached hydrogens (tertiary/aromatic N) is 1. The molecule has 1 atom stereocenters. The first-order chi connectivity index (χ1) is 12.0. The second kappa shape index (κ2) is 7.38. The number of anilines is 1. The molecule has 1 aliphatic rings. The topological polar surface area (TPSA) is 69.6 Å². The Hall–Kier alpha value is -2.82. The third kappa shape index (κ3) is 4.18. The lowest BCUT2D eigenvalue weighted by Crippen LogP contribution is -2.41. The van der Waals surface area contributed by atoms with Gasteiger partial charge in [0.25, 0.3) is 0 Å². The summed E-state index contributed by atoms with van der Waals surface area (Å²) in [6, 6.07) is 14.2. The van der Waals surface area contributed by atoms with E-state index >= 15 is 0 Å². The van der Waals surface area contributed by atoms with Crippen LogP contribution >= 0.6 is 0 Å². The molecule has 5 heteroatoms. The molecule has 0 bridgehead atoms. The van der Waals surface area contributed by atoms with Gasteiger partial charge in [-0.1, -0.05) is 29.8 Å². The highest BCUT2D eigenvalue weighted by atomic mass is 16.3. The third-order valence-electron chi connectivity index (χ3n) is 4.46. The fraction of sp³-hybridized carbons (Fsp3) is 0.300. The highest BCUT2D eigenvalue weighted by molar-refractivity contribution is 6.01. The van der Waals surface area contributed by atoms with Gasteiger partial charge in [0.1, 0.15) is 11.8 Å². The summed E-state index contributed by atoms with van der Waals surface area (Å²) >= 11 is 0. The fourth-order valence-electron chi connectivity index (χ4n) is 2.98. The van der Waals surface area contributed by atoms with E-state index in [1.165, 1.54) is 0 Å². The summed E-state index contributed by atoms with van der Waals surface area (Å²) in [5.41, 5.74) is 3.00. The second-order valence-corrected chi connectivity index (χ2v) is 6.40. The second-order valence-electron chi connectivity index (χ2n) is 6.40. The van der Waals surface area contributed by atoms with Crippen LogP contribution in [-0.4, -0.2) is 29.5 Å². The van der Waals surface area contributed by atoms with Gasteiger partial charge in [-0.3, -0.25) is 9.59 Å². The molecular formula is C20H22N2O3. The Morgan fingerprint density at radius 3 is 2.52 bits per heavy atom. The van der Waals surface area contributed by atoms with Crippen LogP contribution in [0.4, 0.5) is 5.69 Å². The average molecular weight is 338 g/mol. The van der Waals surface area contributed by atoms with Crippen LogP contribution in [0.25, 0.3) is 0 Å². The van der Waals surface area contributed by atoms with Crippen molar-refractivity contribution in [3.63, 3.8) is 0 Å². The molecule has 0 spiro atoms. The zero-order valence-corrected chi connectivity index (χ0v) is 14.2. The zero-order chi connectivity index (χ0) is 17.8. The maximum absolute atomic E-state index is 12.5. The summed E-state index contributed by atoms with van der Waals surface area (Å²) in [5, 5.41) is 12.1. The molecule has 2 aromatic rings. The number of rotatable bonds is 5. The van der Waals surface area contributed by atoms with Gasteiger partial charge in [-0.2, -0.15) is 0 Å². The van der Waals surface area contributed by atoms with Crippen molar-refractivity contribution in [3.8, 4) is 5.75 Å². The number of aromatic hydroxyl groups is 1. The number of benzene rings is 2. The Labute approximate surface area is 147 Å². The van der Waals surface area contributed by atoms with E-state index in [0.717, 1.165) is 16.8 Å². The van der Waals surface area contributed by atoms with Gasteiger partial charge in [0.05, 0.1) is 0 Å². The van der Waals surface area contributed by atoms with Crippen molar-refractivity contribution in [2.75, 3.05) is 11.4 Å². The van der Waals surface area contributed by atoms with E-state index < -0.39 is 6.04 Å². The van der Waals surface area contributed by atoms with Crippen molar-refractivity contribution in [2.24, 2.45) is 0 Å². The first-order valence-electron chi connectivity index (χ1n) is 8.48. The van der Waals surface area contributed by atoms with Gasteiger partial charge in [-0.15, -0.1) is 0 Å². The van der Waals surface area contributed by atoms with Crippen molar-refractivity contribution >= 4 is 17.5 Å². The number of phenolic OH excluding ortho intramolecular Hbond substituents is 1. The van der Waals surface area contributed by atoms with E-state index in [4.69, 9.17) is 0 Å². The van der Waals surface area contributed by atoms with Crippen LogP contribution in [0.3, 0.4) is 0 Å². The monoisotopic (exact) mass is 338 g/mol. The Kier molecular flexibility index (Phi) is 5.03. The number of phenols is 1. The van der Waals surface area contributed by atoms with Crippen molar-refractivity contribution < 1.29 is 14.7 Å². The Morgan fingerprint density at radius 1 is 1.16 bits per heavy atom. The third-order valence-corrected chi connectivity index (χ3v) is 4.46. The summed E-state index contributed by atoms with van der Waals surface area (Å²) in [6.07, 6.45) is 1.52. The molecule has 0 aliphatic carbocycles. The lowest BCUT2D eigenvalue weighted by Gasteiger charge is -2.17. The van der Waals surface area contributed by atoms with Gasteiger partial charge >= 0.3 is 0 Å². The maximum atomic E-state index is 12.5. The van der Waals surface area contributed by atoms with Crippen molar-refractivity contribution in [3.05, 3.63) is 59.7 Å². The quantitative estimate of drug-likeness (QED) is 0.880. The van der Waals surface area contributed by atoms with Gasteiger partial charge in [-0.25, -0.2) is 0 Å². The highest BCUT2D eigenvalue weighted by Gasteiger charge is 2.33. The lowest BCUT2D eigenvalue weighted by atomic mass is 10.1. The van der Waals surface area contributed by atoms with Gasteiger partial charge in [-0.05, 0) is 49.6 Å². The molecule has 1 aliphatic heterocycles. The lowest BCUT2D eigenvalue weighted by molar-refractivity contribution is -0.126. The molecule has 5 nitrogen and oxygen atoms in total.